The molecule has 1 aromatic rings. The van der Waals surface area contributed by atoms with Crippen molar-refractivity contribution in [2.24, 2.45) is 0 Å². The second-order valence-electron chi connectivity index (χ2n) is 3.52. The molecule has 0 aromatic heterocycles. The molecule has 0 saturated carbocycles. The van der Waals surface area contributed by atoms with Crippen molar-refractivity contribution in [2.45, 2.75) is 13.8 Å². The molecule has 2 rings (SSSR count). The van der Waals surface area contributed by atoms with Crippen LogP contribution < -0.4 is 0 Å². The summed E-state index contributed by atoms with van der Waals surface area (Å²) in [6.45, 7) is 5.44. The minimum atomic E-state index is 1.09. The van der Waals surface area contributed by atoms with Gasteiger partial charge in [-0.1, -0.05) is 23.8 Å². The third-order valence-corrected chi connectivity index (χ3v) is 3.31. The maximum absolute atomic E-state index is 2.40. The van der Waals surface area contributed by atoms with Gasteiger partial charge in [-0.2, -0.15) is 0 Å². The highest BCUT2D eigenvalue weighted by atomic mass is 32.2. The average Bonchev–Trinajstić information content (AvgIpc) is 2.65. The van der Waals surface area contributed by atoms with Crippen molar-refractivity contribution in [1.82, 2.24) is 4.90 Å². The van der Waals surface area contributed by atoms with Crippen molar-refractivity contribution in [3.63, 3.8) is 0 Å². The molecular formula is C12H15NS. The lowest BCUT2D eigenvalue weighted by atomic mass is 10.1. The molecule has 0 unspecified atom stereocenters. The van der Waals surface area contributed by atoms with E-state index in [1.165, 1.54) is 16.8 Å². The SMILES string of the molecule is CCN1CSC=C1c1cccc(C)c1. The van der Waals surface area contributed by atoms with E-state index in [1.54, 1.807) is 0 Å². The second-order valence-corrected chi connectivity index (χ2v) is 4.35. The molecule has 1 nitrogen and oxygen atoms in total. The van der Waals surface area contributed by atoms with Crippen LogP contribution in [0, 0.1) is 6.92 Å². The van der Waals surface area contributed by atoms with Crippen molar-refractivity contribution in [3.05, 3.63) is 40.8 Å². The maximum atomic E-state index is 2.40. The van der Waals surface area contributed by atoms with Crippen molar-refractivity contribution >= 4 is 17.5 Å². The summed E-state index contributed by atoms with van der Waals surface area (Å²) in [5, 5.41) is 2.26. The minimum Gasteiger partial charge on any atom is -0.361 e. The van der Waals surface area contributed by atoms with Gasteiger partial charge in [0, 0.05) is 6.54 Å². The van der Waals surface area contributed by atoms with Crippen LogP contribution in [0.2, 0.25) is 0 Å². The van der Waals surface area contributed by atoms with Gasteiger partial charge in [0.05, 0.1) is 11.6 Å². The number of thioether (sulfide) groups is 1. The molecule has 0 N–H and O–H groups in total. The quantitative estimate of drug-likeness (QED) is 0.728. The molecule has 0 atom stereocenters. The predicted molar refractivity (Wildman–Crippen MR) is 64.0 cm³/mol. The summed E-state index contributed by atoms with van der Waals surface area (Å²) in [7, 11) is 0. The lowest BCUT2D eigenvalue weighted by Gasteiger charge is -2.19. The van der Waals surface area contributed by atoms with Gasteiger partial charge in [-0.25, -0.2) is 0 Å². The first-order valence-electron chi connectivity index (χ1n) is 4.95. The lowest BCUT2D eigenvalue weighted by molar-refractivity contribution is 0.497. The van der Waals surface area contributed by atoms with Crippen molar-refractivity contribution in [2.75, 3.05) is 12.4 Å². The smallest absolute Gasteiger partial charge is 0.0680 e. The molecule has 0 saturated heterocycles. The van der Waals surface area contributed by atoms with Crippen molar-refractivity contribution in [3.8, 4) is 0 Å². The fourth-order valence-corrected chi connectivity index (χ4v) is 2.69. The number of aryl methyl sites for hydroxylation is 1. The van der Waals surface area contributed by atoms with Crippen LogP contribution in [0.1, 0.15) is 18.1 Å². The zero-order valence-electron chi connectivity index (χ0n) is 8.66. The Morgan fingerprint density at radius 1 is 1.43 bits per heavy atom. The van der Waals surface area contributed by atoms with Gasteiger partial charge in [0.1, 0.15) is 0 Å². The molecule has 0 spiro atoms. The Morgan fingerprint density at radius 2 is 2.29 bits per heavy atom. The van der Waals surface area contributed by atoms with Gasteiger partial charge in [-0.05, 0) is 30.9 Å². The normalized spacial score (nSPS) is 15.9. The van der Waals surface area contributed by atoms with Gasteiger partial charge in [0.25, 0.3) is 0 Å². The highest BCUT2D eigenvalue weighted by molar-refractivity contribution is 8.02. The van der Waals surface area contributed by atoms with E-state index in [0.29, 0.717) is 0 Å². The standard InChI is InChI=1S/C12H15NS/c1-3-13-9-14-8-12(13)11-6-4-5-10(2)7-11/h4-8H,3,9H2,1-2H3. The Balaban J connectivity index is 2.30. The van der Waals surface area contributed by atoms with E-state index in [9.17, 15) is 0 Å². The Bertz CT molecular complexity index is 357. The van der Waals surface area contributed by atoms with Crippen LogP contribution in [-0.4, -0.2) is 17.3 Å². The molecule has 1 aliphatic heterocycles. The van der Waals surface area contributed by atoms with Gasteiger partial charge < -0.3 is 4.90 Å². The summed E-state index contributed by atoms with van der Waals surface area (Å²) in [5.74, 6) is 1.10. The van der Waals surface area contributed by atoms with E-state index in [2.05, 4.69) is 48.4 Å². The van der Waals surface area contributed by atoms with Crippen LogP contribution in [0.15, 0.2) is 29.7 Å². The van der Waals surface area contributed by atoms with Crippen LogP contribution in [-0.2, 0) is 0 Å². The first kappa shape index (κ1) is 9.66. The van der Waals surface area contributed by atoms with E-state index in [1.807, 2.05) is 11.8 Å². The van der Waals surface area contributed by atoms with E-state index >= 15 is 0 Å². The maximum Gasteiger partial charge on any atom is 0.0680 e. The summed E-state index contributed by atoms with van der Waals surface area (Å²) in [6, 6.07) is 8.71. The third-order valence-electron chi connectivity index (χ3n) is 2.46. The van der Waals surface area contributed by atoms with E-state index in [0.717, 1.165) is 12.4 Å². The van der Waals surface area contributed by atoms with Gasteiger partial charge in [-0.3, -0.25) is 0 Å². The predicted octanol–water partition coefficient (Wildman–Crippen LogP) is 3.32. The van der Waals surface area contributed by atoms with Crippen LogP contribution in [0.4, 0.5) is 0 Å². The Kier molecular flexibility index (Phi) is 2.82. The molecule has 1 aliphatic rings. The molecule has 14 heavy (non-hydrogen) atoms. The number of hydrogen-bond acceptors (Lipinski definition) is 2. The Labute approximate surface area is 89.8 Å². The first-order chi connectivity index (χ1) is 6.81. The molecule has 74 valence electrons. The van der Waals surface area contributed by atoms with E-state index < -0.39 is 0 Å². The monoisotopic (exact) mass is 205 g/mol. The number of benzene rings is 1. The summed E-state index contributed by atoms with van der Waals surface area (Å²) in [5.41, 5.74) is 4.05. The summed E-state index contributed by atoms with van der Waals surface area (Å²) < 4.78 is 0. The number of hydrogen-bond donors (Lipinski definition) is 0. The number of rotatable bonds is 2. The molecule has 0 aliphatic carbocycles. The fourth-order valence-electron chi connectivity index (χ4n) is 1.67. The second kappa shape index (κ2) is 4.09. The van der Waals surface area contributed by atoms with Crippen molar-refractivity contribution in [1.29, 1.82) is 0 Å². The van der Waals surface area contributed by atoms with Crippen molar-refractivity contribution < 1.29 is 0 Å². The molecule has 0 amide bonds. The molecule has 2 heteroatoms. The Morgan fingerprint density at radius 3 is 3.00 bits per heavy atom. The average molecular weight is 205 g/mol. The van der Waals surface area contributed by atoms with E-state index in [-0.39, 0.29) is 0 Å². The van der Waals surface area contributed by atoms with Crippen LogP contribution in [0.3, 0.4) is 0 Å². The highest BCUT2D eigenvalue weighted by Gasteiger charge is 2.14. The molecule has 1 heterocycles. The van der Waals surface area contributed by atoms with Gasteiger partial charge in [-0.15, -0.1) is 11.8 Å². The lowest BCUT2D eigenvalue weighted by Crippen LogP contribution is -2.17. The molecule has 0 radical (unpaired) electrons. The van der Waals surface area contributed by atoms with E-state index in [4.69, 9.17) is 0 Å². The van der Waals surface area contributed by atoms with Gasteiger partial charge >= 0.3 is 0 Å². The zero-order valence-corrected chi connectivity index (χ0v) is 9.47. The number of nitrogens with zero attached hydrogens (tertiary/aromatic N) is 1. The summed E-state index contributed by atoms with van der Waals surface area (Å²) >= 11 is 1.88. The van der Waals surface area contributed by atoms with Gasteiger partial charge in [0.2, 0.25) is 0 Å². The van der Waals surface area contributed by atoms with Crippen LogP contribution in [0.25, 0.3) is 5.70 Å². The molecule has 0 bridgehead atoms. The first-order valence-corrected chi connectivity index (χ1v) is 6.00. The highest BCUT2D eigenvalue weighted by Crippen LogP contribution is 2.30. The summed E-state index contributed by atoms with van der Waals surface area (Å²) in [6.07, 6.45) is 0. The fraction of sp³-hybridized carbons (Fsp3) is 0.333. The molecule has 1 aromatic carbocycles. The van der Waals surface area contributed by atoms with Crippen LogP contribution >= 0.6 is 11.8 Å². The molecule has 0 fully saturated rings. The third kappa shape index (κ3) is 1.80. The molecular weight excluding hydrogens is 190 g/mol. The largest absolute Gasteiger partial charge is 0.361 e. The zero-order chi connectivity index (χ0) is 9.97. The minimum absolute atomic E-state index is 1.09. The van der Waals surface area contributed by atoms with Crippen LogP contribution in [0.5, 0.6) is 0 Å². The summed E-state index contributed by atoms with van der Waals surface area (Å²) in [4.78, 5) is 2.40. The van der Waals surface area contributed by atoms with Gasteiger partial charge in [0.15, 0.2) is 0 Å². The Hall–Kier alpha value is -0.890. The topological polar surface area (TPSA) is 3.24 Å².